The van der Waals surface area contributed by atoms with Crippen LogP contribution in [0.25, 0.3) is 11.1 Å². The summed E-state index contributed by atoms with van der Waals surface area (Å²) in [6, 6.07) is 13.4. The molecule has 1 fully saturated rings. The maximum atomic E-state index is 13.2. The zero-order chi connectivity index (χ0) is 21.5. The minimum atomic E-state index is -3.52. The molecule has 2 heterocycles. The molecule has 0 radical (unpaired) electrons. The molecule has 1 saturated heterocycles. The highest BCUT2D eigenvalue weighted by Gasteiger charge is 2.29. The van der Waals surface area contributed by atoms with E-state index in [-0.39, 0.29) is 0 Å². The van der Waals surface area contributed by atoms with Gasteiger partial charge in [0.2, 0.25) is 10.0 Å². The van der Waals surface area contributed by atoms with E-state index in [9.17, 15) is 8.42 Å². The molecule has 30 heavy (non-hydrogen) atoms. The fourth-order valence-electron chi connectivity index (χ4n) is 4.07. The quantitative estimate of drug-likeness (QED) is 0.630. The molecule has 0 unspecified atom stereocenters. The first-order valence-electron chi connectivity index (χ1n) is 10.1. The summed E-state index contributed by atoms with van der Waals surface area (Å²) in [5.41, 5.74) is 6.24. The van der Waals surface area contributed by atoms with Crippen molar-refractivity contribution in [3.63, 3.8) is 0 Å². The van der Waals surface area contributed by atoms with Crippen molar-refractivity contribution in [1.29, 1.82) is 0 Å². The topological polar surface area (TPSA) is 66.7 Å². The average molecular weight is 426 g/mol. The van der Waals surface area contributed by atoms with Gasteiger partial charge in [-0.2, -0.15) is 4.31 Å². The third-order valence-electron chi connectivity index (χ3n) is 5.76. The van der Waals surface area contributed by atoms with Crippen molar-refractivity contribution in [3.05, 3.63) is 65.0 Å². The summed E-state index contributed by atoms with van der Waals surface area (Å²) in [7, 11) is -3.52. The molecule has 2 aromatic carbocycles. The van der Waals surface area contributed by atoms with Crippen LogP contribution in [0.4, 0.5) is 5.69 Å². The highest BCUT2D eigenvalue weighted by molar-refractivity contribution is 7.89. The second kappa shape index (κ2) is 7.89. The Labute approximate surface area is 178 Å². The predicted molar refractivity (Wildman–Crippen MR) is 118 cm³/mol. The van der Waals surface area contributed by atoms with Crippen LogP contribution in [0.1, 0.15) is 22.6 Å². The van der Waals surface area contributed by atoms with Crippen LogP contribution >= 0.6 is 0 Å². The molecule has 1 aliphatic rings. The Balaban J connectivity index is 1.50. The van der Waals surface area contributed by atoms with Crippen molar-refractivity contribution in [2.45, 2.75) is 32.6 Å². The summed E-state index contributed by atoms with van der Waals surface area (Å²) in [5, 5.41) is 3.97. The van der Waals surface area contributed by atoms with E-state index in [2.05, 4.69) is 42.1 Å². The zero-order valence-corrected chi connectivity index (χ0v) is 18.7. The SMILES string of the molecule is Cc1ccc(C)c(N2CCN(S(=O)(=O)c3ccc(-c4c(C)noc4C)cc3)CC2)c1. The summed E-state index contributed by atoms with van der Waals surface area (Å²) in [4.78, 5) is 2.59. The van der Waals surface area contributed by atoms with Crippen molar-refractivity contribution in [3.8, 4) is 11.1 Å². The van der Waals surface area contributed by atoms with Gasteiger partial charge in [-0.15, -0.1) is 0 Å². The Morgan fingerprint density at radius 1 is 0.900 bits per heavy atom. The van der Waals surface area contributed by atoms with Crippen LogP contribution < -0.4 is 4.90 Å². The van der Waals surface area contributed by atoms with Crippen LogP contribution in [0.3, 0.4) is 0 Å². The third-order valence-corrected chi connectivity index (χ3v) is 7.67. The summed E-state index contributed by atoms with van der Waals surface area (Å²) in [6.07, 6.45) is 0. The average Bonchev–Trinajstić information content (AvgIpc) is 3.08. The summed E-state index contributed by atoms with van der Waals surface area (Å²) >= 11 is 0. The fourth-order valence-corrected chi connectivity index (χ4v) is 5.49. The number of rotatable bonds is 4. The second-order valence-electron chi connectivity index (χ2n) is 7.90. The molecular weight excluding hydrogens is 398 g/mol. The van der Waals surface area contributed by atoms with E-state index < -0.39 is 10.0 Å². The highest BCUT2D eigenvalue weighted by Crippen LogP contribution is 2.29. The van der Waals surface area contributed by atoms with Crippen LogP contribution in [-0.2, 0) is 10.0 Å². The maximum absolute atomic E-state index is 13.2. The van der Waals surface area contributed by atoms with Gasteiger partial charge in [0.15, 0.2) is 0 Å². The van der Waals surface area contributed by atoms with E-state index in [1.54, 1.807) is 16.4 Å². The van der Waals surface area contributed by atoms with Crippen molar-refractivity contribution in [2.75, 3.05) is 31.1 Å². The van der Waals surface area contributed by atoms with Gasteiger partial charge in [-0.3, -0.25) is 0 Å². The van der Waals surface area contributed by atoms with Crippen molar-refractivity contribution >= 4 is 15.7 Å². The predicted octanol–water partition coefficient (Wildman–Crippen LogP) is 4.09. The maximum Gasteiger partial charge on any atom is 0.243 e. The molecule has 1 aromatic heterocycles. The minimum absolute atomic E-state index is 0.318. The first kappa shape index (κ1) is 20.6. The highest BCUT2D eigenvalue weighted by atomic mass is 32.2. The Kier molecular flexibility index (Phi) is 5.42. The van der Waals surface area contributed by atoms with Crippen LogP contribution in [-0.4, -0.2) is 44.1 Å². The lowest BCUT2D eigenvalue weighted by molar-refractivity contribution is 0.384. The van der Waals surface area contributed by atoms with Crippen LogP contribution in [0, 0.1) is 27.7 Å². The standard InChI is InChI=1S/C23H27N3O3S/c1-16-5-6-17(2)22(15-16)25-11-13-26(14-12-25)30(27,28)21-9-7-20(8-10-21)23-18(3)24-29-19(23)4/h5-10,15H,11-14H2,1-4H3. The van der Waals surface area contributed by atoms with Gasteiger partial charge in [-0.1, -0.05) is 29.4 Å². The normalized spacial score (nSPS) is 15.5. The number of aromatic nitrogens is 1. The molecule has 3 aromatic rings. The number of nitrogens with zero attached hydrogens (tertiary/aromatic N) is 3. The van der Waals surface area contributed by atoms with Crippen molar-refractivity contribution in [2.24, 2.45) is 0 Å². The van der Waals surface area contributed by atoms with E-state index in [1.165, 1.54) is 16.8 Å². The van der Waals surface area contributed by atoms with E-state index in [0.717, 1.165) is 22.6 Å². The van der Waals surface area contributed by atoms with Crippen molar-refractivity contribution < 1.29 is 12.9 Å². The Morgan fingerprint density at radius 2 is 1.57 bits per heavy atom. The molecule has 7 heteroatoms. The molecule has 0 aliphatic carbocycles. The molecule has 0 saturated carbocycles. The minimum Gasteiger partial charge on any atom is -0.369 e. The zero-order valence-electron chi connectivity index (χ0n) is 17.8. The molecule has 158 valence electrons. The number of benzene rings is 2. The summed E-state index contributed by atoms with van der Waals surface area (Å²) < 4.78 is 33.1. The van der Waals surface area contributed by atoms with E-state index in [4.69, 9.17) is 4.52 Å². The van der Waals surface area contributed by atoms with Crippen LogP contribution in [0.15, 0.2) is 51.9 Å². The lowest BCUT2D eigenvalue weighted by Gasteiger charge is -2.36. The third kappa shape index (κ3) is 3.75. The van der Waals surface area contributed by atoms with Gasteiger partial charge in [0.1, 0.15) is 5.76 Å². The molecule has 4 rings (SSSR count). The lowest BCUT2D eigenvalue weighted by Crippen LogP contribution is -2.48. The monoisotopic (exact) mass is 425 g/mol. The fraction of sp³-hybridized carbons (Fsp3) is 0.348. The van der Waals surface area contributed by atoms with Gasteiger partial charge in [0.25, 0.3) is 0 Å². The molecule has 1 aliphatic heterocycles. The van der Waals surface area contributed by atoms with E-state index in [1.807, 2.05) is 26.0 Å². The van der Waals surface area contributed by atoms with Crippen molar-refractivity contribution in [1.82, 2.24) is 9.46 Å². The first-order chi connectivity index (χ1) is 14.3. The smallest absolute Gasteiger partial charge is 0.243 e. The van der Waals surface area contributed by atoms with Gasteiger partial charge in [0.05, 0.1) is 10.6 Å². The molecular formula is C23H27N3O3S. The van der Waals surface area contributed by atoms with E-state index in [0.29, 0.717) is 31.1 Å². The first-order valence-corrected chi connectivity index (χ1v) is 11.6. The molecule has 0 N–H and O–H groups in total. The Hall–Kier alpha value is -2.64. The van der Waals surface area contributed by atoms with Gasteiger partial charge in [-0.05, 0) is 62.6 Å². The second-order valence-corrected chi connectivity index (χ2v) is 9.84. The van der Waals surface area contributed by atoms with Gasteiger partial charge >= 0.3 is 0 Å². The number of piperazine rings is 1. The summed E-state index contributed by atoms with van der Waals surface area (Å²) in [6.45, 7) is 10.2. The molecule has 0 bridgehead atoms. The van der Waals surface area contributed by atoms with Gasteiger partial charge in [0, 0.05) is 37.4 Å². The van der Waals surface area contributed by atoms with Crippen LogP contribution in [0.5, 0.6) is 0 Å². The summed E-state index contributed by atoms with van der Waals surface area (Å²) in [5.74, 6) is 0.727. The van der Waals surface area contributed by atoms with E-state index >= 15 is 0 Å². The molecule has 0 amide bonds. The van der Waals surface area contributed by atoms with Gasteiger partial charge < -0.3 is 9.42 Å². The Bertz CT molecular complexity index is 1140. The molecule has 6 nitrogen and oxygen atoms in total. The number of hydrogen-bond acceptors (Lipinski definition) is 5. The lowest BCUT2D eigenvalue weighted by atomic mass is 10.0. The number of aryl methyl sites for hydroxylation is 4. The number of anilines is 1. The van der Waals surface area contributed by atoms with Crippen LogP contribution in [0.2, 0.25) is 0 Å². The largest absolute Gasteiger partial charge is 0.369 e. The number of hydrogen-bond donors (Lipinski definition) is 0. The molecule has 0 atom stereocenters. The van der Waals surface area contributed by atoms with Gasteiger partial charge in [-0.25, -0.2) is 8.42 Å². The molecule has 0 spiro atoms. The Morgan fingerprint density at radius 3 is 2.17 bits per heavy atom. The number of sulfonamides is 1.